The lowest BCUT2D eigenvalue weighted by Gasteiger charge is -2.20. The molecule has 0 saturated carbocycles. The summed E-state index contributed by atoms with van der Waals surface area (Å²) in [6, 6.07) is 9.68. The molecule has 1 aromatic heterocycles. The highest BCUT2D eigenvalue weighted by molar-refractivity contribution is 7.99. The van der Waals surface area contributed by atoms with Crippen molar-refractivity contribution in [1.29, 1.82) is 0 Å². The Kier molecular flexibility index (Phi) is 4.58. The quantitative estimate of drug-likeness (QED) is 0.689. The minimum Gasteiger partial charge on any atom is -0.327 e. The van der Waals surface area contributed by atoms with Gasteiger partial charge in [-0.3, -0.25) is 0 Å². The fraction of sp³-hybridized carbons (Fsp3) is 0.231. The molecule has 0 aliphatic rings. The molecule has 0 bridgehead atoms. The summed E-state index contributed by atoms with van der Waals surface area (Å²) < 4.78 is 0. The number of aromatic nitrogens is 2. The molecule has 2 rings (SSSR count). The van der Waals surface area contributed by atoms with Crippen molar-refractivity contribution >= 4 is 23.4 Å². The Morgan fingerprint density at radius 3 is 2.50 bits per heavy atom. The minimum absolute atomic E-state index is 0.0196. The first-order valence-corrected chi connectivity index (χ1v) is 6.86. The fourth-order valence-electron chi connectivity index (χ4n) is 1.61. The second-order valence-electron chi connectivity index (χ2n) is 4.00. The lowest BCUT2D eigenvalue weighted by Crippen LogP contribution is -2.22. The summed E-state index contributed by atoms with van der Waals surface area (Å²) in [5.74, 6) is 0. The number of hydrogen-bond donors (Lipinski definition) is 1. The highest BCUT2D eigenvalue weighted by Gasteiger charge is 2.18. The van der Waals surface area contributed by atoms with Crippen molar-refractivity contribution in [2.24, 2.45) is 5.73 Å². The van der Waals surface area contributed by atoms with Gasteiger partial charge in [-0.1, -0.05) is 35.5 Å². The third-order valence-corrected chi connectivity index (χ3v) is 4.17. The van der Waals surface area contributed by atoms with E-state index in [1.807, 2.05) is 37.3 Å². The van der Waals surface area contributed by atoms with Crippen LogP contribution in [0.4, 0.5) is 0 Å². The Balaban J connectivity index is 2.21. The van der Waals surface area contributed by atoms with Crippen molar-refractivity contribution in [2.45, 2.75) is 23.2 Å². The summed E-state index contributed by atoms with van der Waals surface area (Å²) in [7, 11) is 0. The van der Waals surface area contributed by atoms with Gasteiger partial charge in [0.05, 0.1) is 10.3 Å². The fourth-order valence-corrected chi connectivity index (χ4v) is 2.75. The molecule has 0 aliphatic heterocycles. The van der Waals surface area contributed by atoms with Crippen molar-refractivity contribution in [3.63, 3.8) is 0 Å². The van der Waals surface area contributed by atoms with Crippen LogP contribution in [0.25, 0.3) is 0 Å². The van der Waals surface area contributed by atoms with Crippen LogP contribution in [0.3, 0.4) is 0 Å². The number of halogens is 1. The van der Waals surface area contributed by atoms with Crippen molar-refractivity contribution in [1.82, 2.24) is 9.97 Å². The minimum atomic E-state index is 0.0196. The van der Waals surface area contributed by atoms with Gasteiger partial charge in [0.2, 0.25) is 0 Å². The number of nitrogens with zero attached hydrogens (tertiary/aromatic N) is 2. The summed E-state index contributed by atoms with van der Waals surface area (Å²) in [6.07, 6.45) is 3.28. The topological polar surface area (TPSA) is 51.8 Å². The van der Waals surface area contributed by atoms with Crippen LogP contribution in [-0.2, 0) is 0 Å². The molecular weight excluding hydrogens is 266 g/mol. The van der Waals surface area contributed by atoms with Gasteiger partial charge in [-0.2, -0.15) is 0 Å². The molecule has 18 heavy (non-hydrogen) atoms. The SMILES string of the molecule is CC(N)C(Sc1ccncn1)c1ccc(Cl)cc1. The average molecular weight is 280 g/mol. The van der Waals surface area contributed by atoms with E-state index in [4.69, 9.17) is 17.3 Å². The standard InChI is InChI=1S/C13H14ClN3S/c1-9(15)13(10-2-4-11(14)5-3-10)18-12-6-7-16-8-17-12/h2-9,13H,15H2,1H3. The zero-order valence-corrected chi connectivity index (χ0v) is 11.5. The Morgan fingerprint density at radius 1 is 1.22 bits per heavy atom. The van der Waals surface area contributed by atoms with Crippen LogP contribution in [0, 0.1) is 0 Å². The molecule has 2 unspecified atom stereocenters. The average Bonchev–Trinajstić information content (AvgIpc) is 2.38. The van der Waals surface area contributed by atoms with E-state index < -0.39 is 0 Å². The maximum Gasteiger partial charge on any atom is 0.116 e. The second kappa shape index (κ2) is 6.18. The third-order valence-electron chi connectivity index (χ3n) is 2.48. The van der Waals surface area contributed by atoms with Gasteiger partial charge in [0.25, 0.3) is 0 Å². The lowest BCUT2D eigenvalue weighted by atomic mass is 10.1. The largest absolute Gasteiger partial charge is 0.327 e. The molecule has 5 heteroatoms. The Labute approximate surface area is 116 Å². The second-order valence-corrected chi connectivity index (χ2v) is 5.60. The van der Waals surface area contributed by atoms with E-state index in [9.17, 15) is 0 Å². The summed E-state index contributed by atoms with van der Waals surface area (Å²) >= 11 is 7.53. The number of benzene rings is 1. The van der Waals surface area contributed by atoms with Crippen LogP contribution in [-0.4, -0.2) is 16.0 Å². The number of rotatable bonds is 4. The van der Waals surface area contributed by atoms with Gasteiger partial charge >= 0.3 is 0 Å². The molecule has 1 aromatic carbocycles. The highest BCUT2D eigenvalue weighted by atomic mass is 35.5. The molecule has 0 fully saturated rings. The van der Waals surface area contributed by atoms with Crippen molar-refractivity contribution < 1.29 is 0 Å². The van der Waals surface area contributed by atoms with Gasteiger partial charge in [0.15, 0.2) is 0 Å². The zero-order chi connectivity index (χ0) is 13.0. The molecular formula is C13H14ClN3S. The summed E-state index contributed by atoms with van der Waals surface area (Å²) in [6.45, 7) is 1.99. The van der Waals surface area contributed by atoms with Crippen LogP contribution in [0.2, 0.25) is 5.02 Å². The molecule has 0 aliphatic carbocycles. The molecule has 0 saturated heterocycles. The number of nitrogens with two attached hydrogens (primary N) is 1. The van der Waals surface area contributed by atoms with E-state index >= 15 is 0 Å². The Hall–Kier alpha value is -1.10. The predicted molar refractivity (Wildman–Crippen MR) is 75.7 cm³/mol. The van der Waals surface area contributed by atoms with Gasteiger partial charge in [-0.05, 0) is 30.7 Å². The van der Waals surface area contributed by atoms with Crippen LogP contribution in [0.1, 0.15) is 17.7 Å². The number of hydrogen-bond acceptors (Lipinski definition) is 4. The van der Waals surface area contributed by atoms with E-state index in [0.717, 1.165) is 15.6 Å². The lowest BCUT2D eigenvalue weighted by molar-refractivity contribution is 0.720. The van der Waals surface area contributed by atoms with Crippen LogP contribution in [0.15, 0.2) is 47.9 Å². The smallest absolute Gasteiger partial charge is 0.116 e. The molecule has 2 N–H and O–H groups in total. The van der Waals surface area contributed by atoms with Gasteiger partial charge in [-0.25, -0.2) is 9.97 Å². The third kappa shape index (κ3) is 3.45. The van der Waals surface area contributed by atoms with Crippen LogP contribution >= 0.6 is 23.4 Å². The molecule has 1 heterocycles. The van der Waals surface area contributed by atoms with Crippen LogP contribution in [0.5, 0.6) is 0 Å². The molecule has 0 radical (unpaired) electrons. The molecule has 2 atom stereocenters. The normalized spacial score (nSPS) is 14.2. The van der Waals surface area contributed by atoms with Gasteiger partial charge in [-0.15, -0.1) is 0 Å². The Bertz CT molecular complexity index is 487. The maximum absolute atomic E-state index is 6.06. The van der Waals surface area contributed by atoms with Gasteiger partial charge < -0.3 is 5.73 Å². The van der Waals surface area contributed by atoms with E-state index in [1.54, 1.807) is 24.3 Å². The van der Waals surface area contributed by atoms with Gasteiger partial charge in [0.1, 0.15) is 6.33 Å². The summed E-state index contributed by atoms with van der Waals surface area (Å²) in [5, 5.41) is 1.80. The van der Waals surface area contributed by atoms with Gasteiger partial charge in [0, 0.05) is 17.3 Å². The first-order chi connectivity index (χ1) is 8.66. The monoisotopic (exact) mass is 279 g/mol. The molecule has 0 spiro atoms. The van der Waals surface area contributed by atoms with E-state index in [0.29, 0.717) is 0 Å². The number of thioether (sulfide) groups is 1. The maximum atomic E-state index is 6.06. The van der Waals surface area contributed by atoms with E-state index in [2.05, 4.69) is 9.97 Å². The van der Waals surface area contributed by atoms with Crippen LogP contribution < -0.4 is 5.73 Å². The summed E-state index contributed by atoms with van der Waals surface area (Å²) in [4.78, 5) is 8.12. The molecule has 2 aromatic rings. The Morgan fingerprint density at radius 2 is 1.94 bits per heavy atom. The zero-order valence-electron chi connectivity index (χ0n) is 9.95. The molecule has 94 valence electrons. The first kappa shape index (κ1) is 13.3. The highest BCUT2D eigenvalue weighted by Crippen LogP contribution is 2.36. The van der Waals surface area contributed by atoms with E-state index in [-0.39, 0.29) is 11.3 Å². The molecule has 3 nitrogen and oxygen atoms in total. The molecule has 0 amide bonds. The summed E-state index contributed by atoms with van der Waals surface area (Å²) in [5.41, 5.74) is 7.21. The van der Waals surface area contributed by atoms with E-state index in [1.165, 1.54) is 0 Å². The van der Waals surface area contributed by atoms with Crippen molar-refractivity contribution in [3.8, 4) is 0 Å². The van der Waals surface area contributed by atoms with Crippen molar-refractivity contribution in [3.05, 3.63) is 53.4 Å². The van der Waals surface area contributed by atoms with Crippen molar-refractivity contribution in [2.75, 3.05) is 0 Å². The first-order valence-electron chi connectivity index (χ1n) is 5.60. The predicted octanol–water partition coefficient (Wildman–Crippen LogP) is 3.31.